The molecule has 0 fully saturated rings. The highest BCUT2D eigenvalue weighted by Gasteiger charge is 2.42. The monoisotopic (exact) mass is 367 g/mol. The lowest BCUT2D eigenvalue weighted by Gasteiger charge is -2.14. The number of hydrogen-bond acceptors (Lipinski definition) is 6. The molecule has 1 aromatic rings. The summed E-state index contributed by atoms with van der Waals surface area (Å²) in [6.45, 7) is -1.75. The van der Waals surface area contributed by atoms with Crippen molar-refractivity contribution >= 4 is 17.6 Å². The van der Waals surface area contributed by atoms with Gasteiger partial charge in [0.1, 0.15) is 5.75 Å². The maximum atomic E-state index is 12.5. The molecule has 138 valence electrons. The fourth-order valence-electron chi connectivity index (χ4n) is 1.53. The zero-order valence-electron chi connectivity index (χ0n) is 12.6. The molecule has 25 heavy (non-hydrogen) atoms. The predicted octanol–water partition coefficient (Wildman–Crippen LogP) is 3.11. The topological polar surface area (TPSA) is 95.7 Å². The van der Waals surface area contributed by atoms with E-state index in [1.165, 1.54) is 18.2 Å². The maximum absolute atomic E-state index is 12.5. The summed E-state index contributed by atoms with van der Waals surface area (Å²) in [4.78, 5) is 32.6. The molecular weight excluding hydrogens is 354 g/mol. The molecule has 0 aliphatic heterocycles. The van der Waals surface area contributed by atoms with Gasteiger partial charge in [0.15, 0.2) is 6.61 Å². The smallest absolute Gasteiger partial charge is 0.340 e. The average molecular weight is 367 g/mol. The minimum atomic E-state index is -4.43. The first kappa shape index (κ1) is 20.3. The van der Waals surface area contributed by atoms with Crippen LogP contribution in [0.25, 0.3) is 0 Å². The molecule has 0 spiro atoms. The minimum Gasteiger partial charge on any atom is -0.459 e. The minimum absolute atomic E-state index is 0.0710. The lowest BCUT2D eigenvalue weighted by Crippen LogP contribution is -2.33. The van der Waals surface area contributed by atoms with Crippen molar-refractivity contribution in [1.82, 2.24) is 0 Å². The summed E-state index contributed by atoms with van der Waals surface area (Å²) in [5.74, 6) is -6.48. The van der Waals surface area contributed by atoms with Crippen LogP contribution in [0.3, 0.4) is 0 Å². The summed E-state index contributed by atoms with van der Waals surface area (Å²) in [6, 6.07) is 4.84. The molecule has 1 aromatic carbocycles. The van der Waals surface area contributed by atoms with E-state index in [9.17, 15) is 37.3 Å². The van der Waals surface area contributed by atoms with E-state index in [0.717, 1.165) is 6.07 Å². The fourth-order valence-corrected chi connectivity index (χ4v) is 1.53. The van der Waals surface area contributed by atoms with Crippen molar-refractivity contribution in [2.75, 3.05) is 6.61 Å². The fraction of sp³-hybridized carbons (Fsp3) is 0.429. The van der Waals surface area contributed by atoms with Crippen LogP contribution in [0, 0.1) is 10.1 Å². The van der Waals surface area contributed by atoms with E-state index >= 15 is 0 Å². The van der Waals surface area contributed by atoms with Crippen molar-refractivity contribution in [3.63, 3.8) is 0 Å². The Labute approximate surface area is 138 Å². The highest BCUT2D eigenvalue weighted by molar-refractivity contribution is 5.74. The van der Waals surface area contributed by atoms with E-state index in [2.05, 4.69) is 4.74 Å². The summed E-state index contributed by atoms with van der Waals surface area (Å²) < 4.78 is 57.6. The van der Waals surface area contributed by atoms with Crippen molar-refractivity contribution in [2.24, 2.45) is 0 Å². The van der Waals surface area contributed by atoms with Gasteiger partial charge < -0.3 is 9.47 Å². The number of non-ortho nitro benzene ring substituents is 1. The average Bonchev–Trinajstić information content (AvgIpc) is 2.53. The lowest BCUT2D eigenvalue weighted by molar-refractivity contribution is -0.384. The Morgan fingerprint density at radius 1 is 1.20 bits per heavy atom. The summed E-state index contributed by atoms with van der Waals surface area (Å²) >= 11 is 0. The SMILES string of the molecule is O=C(CCCC(=O)Oc1cccc([N+](=O)[O-])c1)OCC(F)(F)C(F)F. The molecule has 0 saturated heterocycles. The van der Waals surface area contributed by atoms with E-state index < -0.39 is 42.2 Å². The number of nitrogens with zero attached hydrogens (tertiary/aromatic N) is 1. The third kappa shape index (κ3) is 7.14. The number of alkyl halides is 4. The highest BCUT2D eigenvalue weighted by Crippen LogP contribution is 2.23. The number of benzene rings is 1. The molecular formula is C14H13F4NO6. The van der Waals surface area contributed by atoms with Crippen molar-refractivity contribution in [1.29, 1.82) is 0 Å². The second-order valence-corrected chi connectivity index (χ2v) is 4.80. The summed E-state index contributed by atoms with van der Waals surface area (Å²) in [5, 5.41) is 10.6. The molecule has 0 bridgehead atoms. The zero-order chi connectivity index (χ0) is 19.0. The highest BCUT2D eigenvalue weighted by atomic mass is 19.3. The number of esters is 2. The lowest BCUT2D eigenvalue weighted by atomic mass is 10.2. The Bertz CT molecular complexity index is 638. The van der Waals surface area contributed by atoms with Gasteiger partial charge in [-0.25, -0.2) is 8.78 Å². The third-order valence-electron chi connectivity index (χ3n) is 2.77. The number of carbonyl (C=O) groups is 2. The van der Waals surface area contributed by atoms with E-state index in [-0.39, 0.29) is 24.3 Å². The Balaban J connectivity index is 2.34. The van der Waals surface area contributed by atoms with Crippen molar-refractivity contribution in [3.8, 4) is 5.75 Å². The van der Waals surface area contributed by atoms with Crippen LogP contribution in [0.1, 0.15) is 19.3 Å². The predicted molar refractivity (Wildman–Crippen MR) is 74.5 cm³/mol. The van der Waals surface area contributed by atoms with Crippen LogP contribution >= 0.6 is 0 Å². The number of rotatable bonds is 9. The maximum Gasteiger partial charge on any atom is 0.340 e. The van der Waals surface area contributed by atoms with Crippen LogP contribution in [0.4, 0.5) is 23.2 Å². The summed E-state index contributed by atoms with van der Waals surface area (Å²) in [5.41, 5.74) is -0.283. The zero-order valence-corrected chi connectivity index (χ0v) is 12.6. The van der Waals surface area contributed by atoms with Gasteiger partial charge in [0.05, 0.1) is 11.0 Å². The first-order chi connectivity index (χ1) is 11.6. The number of nitro benzene ring substituents is 1. The standard InChI is InChI=1S/C14H13F4NO6/c15-13(16)14(17,18)8-24-11(20)5-2-6-12(21)25-10-4-1-3-9(7-10)19(22)23/h1,3-4,7,13H,2,5-6,8H2. The number of nitro groups is 1. The van der Waals surface area contributed by atoms with Crippen LogP contribution in [-0.4, -0.2) is 35.8 Å². The molecule has 0 atom stereocenters. The van der Waals surface area contributed by atoms with Gasteiger partial charge in [0, 0.05) is 18.9 Å². The molecule has 7 nitrogen and oxygen atoms in total. The molecule has 0 heterocycles. The van der Waals surface area contributed by atoms with Gasteiger partial charge in [-0.05, 0) is 12.5 Å². The normalized spacial score (nSPS) is 11.2. The molecule has 0 aliphatic rings. The number of halogens is 4. The quantitative estimate of drug-likeness (QED) is 0.219. The molecule has 1 rings (SSSR count). The molecule has 0 amide bonds. The summed E-state index contributed by atoms with van der Waals surface area (Å²) in [6.07, 6.45) is -4.84. The molecule has 0 radical (unpaired) electrons. The van der Waals surface area contributed by atoms with Crippen LogP contribution in [0.5, 0.6) is 5.75 Å². The molecule has 0 N–H and O–H groups in total. The number of hydrogen-bond donors (Lipinski definition) is 0. The van der Waals surface area contributed by atoms with E-state index in [4.69, 9.17) is 4.74 Å². The van der Waals surface area contributed by atoms with Crippen molar-refractivity contribution in [3.05, 3.63) is 34.4 Å². The molecule has 0 aromatic heterocycles. The molecule has 0 aliphatic carbocycles. The van der Waals surface area contributed by atoms with Crippen molar-refractivity contribution in [2.45, 2.75) is 31.6 Å². The van der Waals surface area contributed by atoms with E-state index in [0.29, 0.717) is 0 Å². The van der Waals surface area contributed by atoms with Crippen LogP contribution in [0.2, 0.25) is 0 Å². The Hall–Kier alpha value is -2.72. The van der Waals surface area contributed by atoms with Gasteiger partial charge in [0.2, 0.25) is 0 Å². The van der Waals surface area contributed by atoms with Gasteiger partial charge in [0.25, 0.3) is 5.69 Å². The van der Waals surface area contributed by atoms with E-state index in [1.54, 1.807) is 0 Å². The first-order valence-corrected chi connectivity index (χ1v) is 6.88. The van der Waals surface area contributed by atoms with Crippen LogP contribution in [0.15, 0.2) is 24.3 Å². The van der Waals surface area contributed by atoms with Gasteiger partial charge >= 0.3 is 24.3 Å². The first-order valence-electron chi connectivity index (χ1n) is 6.88. The molecule has 0 unspecified atom stereocenters. The second kappa shape index (κ2) is 8.94. The largest absolute Gasteiger partial charge is 0.459 e. The van der Waals surface area contributed by atoms with Gasteiger partial charge in [-0.2, -0.15) is 8.78 Å². The Morgan fingerprint density at radius 2 is 1.84 bits per heavy atom. The van der Waals surface area contributed by atoms with E-state index in [1.807, 2.05) is 0 Å². The summed E-state index contributed by atoms with van der Waals surface area (Å²) in [7, 11) is 0. The van der Waals surface area contributed by atoms with Crippen molar-refractivity contribution < 1.29 is 41.5 Å². The van der Waals surface area contributed by atoms with Crippen LogP contribution < -0.4 is 4.74 Å². The van der Waals surface area contributed by atoms with Gasteiger partial charge in [-0.1, -0.05) is 6.07 Å². The molecule has 11 heteroatoms. The number of carbonyl (C=O) groups excluding carboxylic acids is 2. The van der Waals surface area contributed by atoms with Gasteiger partial charge in [-0.3, -0.25) is 19.7 Å². The Kier molecular flexibility index (Phi) is 7.27. The molecule has 0 saturated carbocycles. The third-order valence-corrected chi connectivity index (χ3v) is 2.77. The second-order valence-electron chi connectivity index (χ2n) is 4.80. The number of ether oxygens (including phenoxy) is 2. The van der Waals surface area contributed by atoms with Crippen LogP contribution in [-0.2, 0) is 14.3 Å². The van der Waals surface area contributed by atoms with Gasteiger partial charge in [-0.15, -0.1) is 0 Å². The Morgan fingerprint density at radius 3 is 2.44 bits per heavy atom.